The molecule has 2 aromatic rings. The van der Waals surface area contributed by atoms with Gasteiger partial charge in [-0.3, -0.25) is 4.79 Å². The van der Waals surface area contributed by atoms with Gasteiger partial charge in [0.25, 0.3) is 0 Å². The highest BCUT2D eigenvalue weighted by Gasteiger charge is 2.21. The van der Waals surface area contributed by atoms with E-state index >= 15 is 0 Å². The molecular formula is C21H23NO3. The predicted molar refractivity (Wildman–Crippen MR) is 97.9 cm³/mol. The molecule has 0 aliphatic rings. The number of benzene rings is 2. The zero-order valence-electron chi connectivity index (χ0n) is 14.4. The van der Waals surface area contributed by atoms with Crippen LogP contribution in [0.2, 0.25) is 0 Å². The Morgan fingerprint density at radius 1 is 1.08 bits per heavy atom. The Balaban J connectivity index is 2.04. The molecule has 2 rings (SSSR count). The van der Waals surface area contributed by atoms with Crippen molar-refractivity contribution in [3.05, 3.63) is 83.9 Å². The van der Waals surface area contributed by atoms with Crippen LogP contribution in [0.25, 0.3) is 0 Å². The molecule has 1 amide bonds. The van der Waals surface area contributed by atoms with Crippen LogP contribution in [0, 0.1) is 0 Å². The van der Waals surface area contributed by atoms with E-state index in [0.29, 0.717) is 6.42 Å². The minimum absolute atomic E-state index is 0.187. The first-order valence-electron chi connectivity index (χ1n) is 8.25. The minimum atomic E-state index is -0.708. The van der Waals surface area contributed by atoms with Crippen molar-refractivity contribution in [3.8, 4) is 0 Å². The Labute approximate surface area is 148 Å². The predicted octanol–water partition coefficient (Wildman–Crippen LogP) is 3.21. The molecule has 25 heavy (non-hydrogen) atoms. The number of esters is 1. The van der Waals surface area contributed by atoms with Crippen molar-refractivity contribution >= 4 is 11.9 Å². The van der Waals surface area contributed by atoms with Crippen molar-refractivity contribution in [2.24, 2.45) is 0 Å². The van der Waals surface area contributed by atoms with Crippen LogP contribution < -0.4 is 5.32 Å². The highest BCUT2D eigenvalue weighted by Crippen LogP contribution is 2.11. The molecule has 0 radical (unpaired) electrons. The molecule has 0 spiro atoms. The monoisotopic (exact) mass is 337 g/mol. The molecule has 0 aromatic heterocycles. The van der Waals surface area contributed by atoms with Gasteiger partial charge in [0.05, 0.1) is 0 Å². The summed E-state index contributed by atoms with van der Waals surface area (Å²) in [4.78, 5) is 23.9. The molecule has 0 saturated heterocycles. The summed E-state index contributed by atoms with van der Waals surface area (Å²) >= 11 is 0. The summed E-state index contributed by atoms with van der Waals surface area (Å²) in [5, 5.41) is 2.68. The maximum absolute atomic E-state index is 12.4. The summed E-state index contributed by atoms with van der Waals surface area (Å²) in [6, 6.07) is 16.6. The highest BCUT2D eigenvalue weighted by atomic mass is 16.5. The van der Waals surface area contributed by atoms with E-state index in [2.05, 4.69) is 11.9 Å². The Hall–Kier alpha value is -2.88. The largest absolute Gasteiger partial charge is 0.459 e. The van der Waals surface area contributed by atoms with Crippen molar-refractivity contribution in [2.75, 3.05) is 0 Å². The topological polar surface area (TPSA) is 55.4 Å². The molecule has 0 aliphatic carbocycles. The van der Waals surface area contributed by atoms with Crippen LogP contribution in [0.1, 0.15) is 23.6 Å². The fraction of sp³-hybridized carbons (Fsp3) is 0.238. The number of carbonyl (C=O) groups excluding carboxylic acids is 2. The van der Waals surface area contributed by atoms with Gasteiger partial charge in [0.15, 0.2) is 0 Å². The molecule has 1 N–H and O–H groups in total. The van der Waals surface area contributed by atoms with Crippen molar-refractivity contribution in [1.82, 2.24) is 5.32 Å². The molecule has 0 bridgehead atoms. The summed E-state index contributed by atoms with van der Waals surface area (Å²) in [5.41, 5.74) is 2.99. The summed E-state index contributed by atoms with van der Waals surface area (Å²) in [6.45, 7) is 5.32. The average Bonchev–Trinajstić information content (AvgIpc) is 2.60. The molecule has 130 valence electrons. The molecule has 2 aromatic carbocycles. The quantitative estimate of drug-likeness (QED) is 0.594. The summed E-state index contributed by atoms with van der Waals surface area (Å²) < 4.78 is 5.37. The fourth-order valence-electron chi connectivity index (χ4n) is 2.55. The van der Waals surface area contributed by atoms with Gasteiger partial charge in [-0.1, -0.05) is 60.7 Å². The number of hydrogen-bond donors (Lipinski definition) is 1. The van der Waals surface area contributed by atoms with E-state index < -0.39 is 12.0 Å². The van der Waals surface area contributed by atoms with Crippen LogP contribution in [0.3, 0.4) is 0 Å². The standard InChI is InChI=1S/C21H23NO3/c1-3-8-17-11-7-12-19(13-17)14-20(22-16(2)23)21(24)25-15-18-9-5-4-6-10-18/h3-7,9-13,20H,1,8,14-15H2,2H3,(H,22,23). The second kappa shape index (κ2) is 9.42. The highest BCUT2D eigenvalue weighted by molar-refractivity contribution is 5.83. The number of carbonyl (C=O) groups is 2. The third kappa shape index (κ3) is 6.26. The Morgan fingerprint density at radius 3 is 2.44 bits per heavy atom. The number of ether oxygens (including phenoxy) is 1. The van der Waals surface area contributed by atoms with Gasteiger partial charge < -0.3 is 10.1 Å². The van der Waals surface area contributed by atoms with Gasteiger partial charge in [0.2, 0.25) is 5.91 Å². The number of amides is 1. The van der Waals surface area contributed by atoms with E-state index in [4.69, 9.17) is 4.74 Å². The fourth-order valence-corrected chi connectivity index (χ4v) is 2.55. The molecule has 1 atom stereocenters. The Morgan fingerprint density at radius 2 is 1.76 bits per heavy atom. The van der Waals surface area contributed by atoms with E-state index in [-0.39, 0.29) is 12.5 Å². The van der Waals surface area contributed by atoms with Crippen LogP contribution in [0.4, 0.5) is 0 Å². The van der Waals surface area contributed by atoms with Crippen LogP contribution in [0.15, 0.2) is 67.3 Å². The first-order chi connectivity index (χ1) is 12.1. The van der Waals surface area contributed by atoms with E-state index in [1.165, 1.54) is 6.92 Å². The van der Waals surface area contributed by atoms with Crippen molar-refractivity contribution in [1.29, 1.82) is 0 Å². The summed E-state index contributed by atoms with van der Waals surface area (Å²) in [5.74, 6) is -0.697. The Kier molecular flexibility index (Phi) is 6.96. The van der Waals surface area contributed by atoms with Crippen LogP contribution >= 0.6 is 0 Å². The lowest BCUT2D eigenvalue weighted by Crippen LogP contribution is -2.42. The zero-order chi connectivity index (χ0) is 18.1. The first-order valence-corrected chi connectivity index (χ1v) is 8.25. The second-order valence-electron chi connectivity index (χ2n) is 5.86. The van der Waals surface area contributed by atoms with Gasteiger partial charge in [-0.25, -0.2) is 4.79 Å². The van der Waals surface area contributed by atoms with Crippen LogP contribution in [-0.2, 0) is 33.8 Å². The lowest BCUT2D eigenvalue weighted by atomic mass is 10.0. The van der Waals surface area contributed by atoms with Gasteiger partial charge in [0.1, 0.15) is 12.6 Å². The van der Waals surface area contributed by atoms with Gasteiger partial charge >= 0.3 is 5.97 Å². The lowest BCUT2D eigenvalue weighted by molar-refractivity contribution is -0.149. The van der Waals surface area contributed by atoms with E-state index in [1.54, 1.807) is 0 Å². The molecule has 0 fully saturated rings. The van der Waals surface area contributed by atoms with E-state index in [1.807, 2.05) is 60.7 Å². The van der Waals surface area contributed by atoms with Crippen molar-refractivity contribution < 1.29 is 14.3 Å². The third-order valence-corrected chi connectivity index (χ3v) is 3.70. The molecular weight excluding hydrogens is 314 g/mol. The summed E-state index contributed by atoms with van der Waals surface area (Å²) in [7, 11) is 0. The van der Waals surface area contributed by atoms with Gasteiger partial charge in [0, 0.05) is 13.3 Å². The van der Waals surface area contributed by atoms with Crippen molar-refractivity contribution in [2.45, 2.75) is 32.4 Å². The van der Waals surface area contributed by atoms with E-state index in [9.17, 15) is 9.59 Å². The number of nitrogens with one attached hydrogen (secondary N) is 1. The SMILES string of the molecule is C=CCc1cccc(CC(NC(C)=O)C(=O)OCc2ccccc2)c1. The lowest BCUT2D eigenvalue weighted by Gasteiger charge is -2.17. The van der Waals surface area contributed by atoms with Crippen molar-refractivity contribution in [3.63, 3.8) is 0 Å². The molecule has 4 nitrogen and oxygen atoms in total. The molecule has 0 heterocycles. The third-order valence-electron chi connectivity index (χ3n) is 3.70. The molecule has 0 aliphatic heterocycles. The van der Waals surface area contributed by atoms with E-state index in [0.717, 1.165) is 23.1 Å². The number of allylic oxidation sites excluding steroid dienone is 1. The van der Waals surface area contributed by atoms with Gasteiger partial charge in [-0.05, 0) is 23.1 Å². The summed E-state index contributed by atoms with van der Waals surface area (Å²) in [6.07, 6.45) is 2.98. The smallest absolute Gasteiger partial charge is 0.329 e. The first kappa shape index (κ1) is 18.5. The Bertz CT molecular complexity index is 725. The second-order valence-corrected chi connectivity index (χ2v) is 5.86. The zero-order valence-corrected chi connectivity index (χ0v) is 14.4. The van der Waals surface area contributed by atoms with Crippen LogP contribution in [0.5, 0.6) is 0 Å². The number of rotatable bonds is 8. The maximum atomic E-state index is 12.4. The molecule has 1 unspecified atom stereocenters. The van der Waals surface area contributed by atoms with Gasteiger partial charge in [-0.15, -0.1) is 6.58 Å². The molecule has 0 saturated carbocycles. The molecule has 4 heteroatoms. The average molecular weight is 337 g/mol. The minimum Gasteiger partial charge on any atom is -0.459 e. The van der Waals surface area contributed by atoms with Crippen LogP contribution in [-0.4, -0.2) is 17.9 Å². The van der Waals surface area contributed by atoms with Gasteiger partial charge in [-0.2, -0.15) is 0 Å². The number of hydrogen-bond acceptors (Lipinski definition) is 3. The maximum Gasteiger partial charge on any atom is 0.329 e. The normalized spacial score (nSPS) is 11.4.